The number of piperidine rings is 2. The van der Waals surface area contributed by atoms with Crippen LogP contribution in [0.3, 0.4) is 0 Å². The van der Waals surface area contributed by atoms with Crippen LogP contribution in [0.4, 0.5) is 4.39 Å². The summed E-state index contributed by atoms with van der Waals surface area (Å²) < 4.78 is 15.8. The Bertz CT molecular complexity index is 1170. The second kappa shape index (κ2) is 11.1. The number of likely N-dealkylation sites (tertiary alicyclic amines) is 2. The highest BCUT2D eigenvalue weighted by Crippen LogP contribution is 2.32. The molecule has 0 radical (unpaired) electrons. The molecule has 0 N–H and O–H groups in total. The summed E-state index contributed by atoms with van der Waals surface area (Å²) in [5.41, 5.74) is 2.28. The summed E-state index contributed by atoms with van der Waals surface area (Å²) in [5, 5.41) is 4.25. The van der Waals surface area contributed by atoms with Gasteiger partial charge >= 0.3 is 0 Å². The zero-order chi connectivity index (χ0) is 24.9. The van der Waals surface area contributed by atoms with E-state index in [1.807, 2.05) is 46.1 Å². The minimum Gasteiger partial charge on any atom is -0.342 e. The van der Waals surface area contributed by atoms with Gasteiger partial charge in [0.1, 0.15) is 5.82 Å². The summed E-state index contributed by atoms with van der Waals surface area (Å²) in [6.07, 6.45) is 8.70. The average Bonchev–Trinajstić information content (AvgIpc) is 3.43. The Hall–Kier alpha value is -3.48. The molecule has 0 bridgehead atoms. The summed E-state index contributed by atoms with van der Waals surface area (Å²) in [5.74, 6) is 0.131. The molecule has 2 aliphatic heterocycles. The van der Waals surface area contributed by atoms with Gasteiger partial charge < -0.3 is 9.80 Å². The molecule has 2 saturated heterocycles. The first kappa shape index (κ1) is 24.2. The SMILES string of the molecule is O=C(Cc1ccccc1F)N1CCC([C@H]2CCCCN2C(=O)c2ccc(Cn3cccn3)cc2)CC1. The molecule has 3 aromatic rings. The van der Waals surface area contributed by atoms with Crippen molar-refractivity contribution in [3.8, 4) is 0 Å². The molecule has 7 heteroatoms. The van der Waals surface area contributed by atoms with Gasteiger partial charge in [0.2, 0.25) is 5.91 Å². The largest absolute Gasteiger partial charge is 0.342 e. The maximum atomic E-state index is 14.0. The van der Waals surface area contributed by atoms with Crippen LogP contribution in [0.25, 0.3) is 0 Å². The van der Waals surface area contributed by atoms with Crippen molar-refractivity contribution in [1.82, 2.24) is 19.6 Å². The molecule has 3 heterocycles. The van der Waals surface area contributed by atoms with Crippen molar-refractivity contribution in [3.05, 3.63) is 89.5 Å². The van der Waals surface area contributed by atoms with E-state index in [9.17, 15) is 14.0 Å². The number of aromatic nitrogens is 2. The first-order valence-electron chi connectivity index (χ1n) is 13.0. The second-order valence-corrected chi connectivity index (χ2v) is 9.95. The summed E-state index contributed by atoms with van der Waals surface area (Å²) in [6.45, 7) is 2.80. The van der Waals surface area contributed by atoms with Crippen molar-refractivity contribution in [2.24, 2.45) is 5.92 Å². The molecule has 2 fully saturated rings. The molecule has 1 aromatic heterocycles. The third-order valence-corrected chi connectivity index (χ3v) is 7.65. The van der Waals surface area contributed by atoms with E-state index in [1.165, 1.54) is 6.07 Å². The van der Waals surface area contributed by atoms with Crippen LogP contribution in [-0.2, 0) is 17.8 Å². The van der Waals surface area contributed by atoms with E-state index in [2.05, 4.69) is 10.00 Å². The van der Waals surface area contributed by atoms with Gasteiger partial charge in [-0.25, -0.2) is 4.39 Å². The number of halogens is 1. The third-order valence-electron chi connectivity index (χ3n) is 7.65. The van der Waals surface area contributed by atoms with Crippen molar-refractivity contribution in [3.63, 3.8) is 0 Å². The smallest absolute Gasteiger partial charge is 0.254 e. The summed E-state index contributed by atoms with van der Waals surface area (Å²) in [4.78, 5) is 30.2. The molecule has 0 aliphatic carbocycles. The zero-order valence-corrected chi connectivity index (χ0v) is 20.6. The number of carbonyl (C=O) groups excluding carboxylic acids is 2. The molecule has 1 atom stereocenters. The fourth-order valence-corrected chi connectivity index (χ4v) is 5.65. The Morgan fingerprint density at radius 2 is 1.69 bits per heavy atom. The number of amides is 2. The summed E-state index contributed by atoms with van der Waals surface area (Å²) in [6, 6.07) is 16.5. The zero-order valence-electron chi connectivity index (χ0n) is 20.6. The molecule has 0 spiro atoms. The predicted molar refractivity (Wildman–Crippen MR) is 136 cm³/mol. The van der Waals surface area contributed by atoms with Crippen LogP contribution in [0.5, 0.6) is 0 Å². The Kier molecular flexibility index (Phi) is 7.44. The average molecular weight is 489 g/mol. The Labute approximate surface area is 211 Å². The fourth-order valence-electron chi connectivity index (χ4n) is 5.65. The summed E-state index contributed by atoms with van der Waals surface area (Å²) >= 11 is 0. The highest BCUT2D eigenvalue weighted by Gasteiger charge is 2.36. The van der Waals surface area contributed by atoms with Crippen molar-refractivity contribution >= 4 is 11.8 Å². The molecule has 5 rings (SSSR count). The highest BCUT2D eigenvalue weighted by atomic mass is 19.1. The van der Waals surface area contributed by atoms with E-state index in [1.54, 1.807) is 24.4 Å². The van der Waals surface area contributed by atoms with E-state index in [0.29, 0.717) is 31.1 Å². The number of nitrogens with zero attached hydrogens (tertiary/aromatic N) is 4. The first-order valence-corrected chi connectivity index (χ1v) is 13.0. The Balaban J connectivity index is 1.19. The molecule has 0 unspecified atom stereocenters. The topological polar surface area (TPSA) is 58.4 Å². The highest BCUT2D eigenvalue weighted by molar-refractivity contribution is 5.94. The molecule has 2 amide bonds. The number of benzene rings is 2. The molecule has 2 aliphatic rings. The first-order chi connectivity index (χ1) is 17.6. The number of hydrogen-bond acceptors (Lipinski definition) is 3. The number of carbonyl (C=O) groups is 2. The van der Waals surface area contributed by atoms with Crippen LogP contribution in [0.15, 0.2) is 67.0 Å². The summed E-state index contributed by atoms with van der Waals surface area (Å²) in [7, 11) is 0. The van der Waals surface area contributed by atoms with Gasteiger partial charge in [0.15, 0.2) is 0 Å². The van der Waals surface area contributed by atoms with Crippen molar-refractivity contribution in [1.29, 1.82) is 0 Å². The molecule has 2 aromatic carbocycles. The van der Waals surface area contributed by atoms with Crippen molar-refractivity contribution in [2.75, 3.05) is 19.6 Å². The van der Waals surface area contributed by atoms with Crippen LogP contribution in [-0.4, -0.2) is 57.1 Å². The Morgan fingerprint density at radius 3 is 2.42 bits per heavy atom. The van der Waals surface area contributed by atoms with Crippen LogP contribution < -0.4 is 0 Å². The van der Waals surface area contributed by atoms with E-state index in [-0.39, 0.29) is 30.1 Å². The number of rotatable bonds is 6. The van der Waals surface area contributed by atoms with Gasteiger partial charge in [-0.1, -0.05) is 30.3 Å². The second-order valence-electron chi connectivity index (χ2n) is 9.95. The standard InChI is InChI=1S/C29H33FN4O2/c30-26-7-2-1-6-25(26)20-28(35)32-18-13-23(14-19-32)27-8-3-4-17-34(27)29(36)24-11-9-22(10-12-24)21-33-16-5-15-31-33/h1-2,5-7,9-12,15-16,23,27H,3-4,8,13-14,17-21H2/t27-/m1/s1. The van der Waals surface area contributed by atoms with Crippen LogP contribution in [0.2, 0.25) is 0 Å². The molecule has 6 nitrogen and oxygen atoms in total. The van der Waals surface area contributed by atoms with Gasteiger partial charge in [-0.2, -0.15) is 5.10 Å². The molecule has 188 valence electrons. The lowest BCUT2D eigenvalue weighted by atomic mass is 9.83. The van der Waals surface area contributed by atoms with E-state index in [4.69, 9.17) is 0 Å². The van der Waals surface area contributed by atoms with Crippen molar-refractivity contribution in [2.45, 2.75) is 51.1 Å². The minimum absolute atomic E-state index is 0.0228. The van der Waals surface area contributed by atoms with E-state index in [0.717, 1.165) is 49.8 Å². The molecular weight excluding hydrogens is 455 g/mol. The lowest BCUT2D eigenvalue weighted by molar-refractivity contribution is -0.132. The van der Waals surface area contributed by atoms with Gasteiger partial charge in [0.25, 0.3) is 5.91 Å². The van der Waals surface area contributed by atoms with Crippen molar-refractivity contribution < 1.29 is 14.0 Å². The lowest BCUT2D eigenvalue weighted by Crippen LogP contribution is -2.51. The molecule has 0 saturated carbocycles. The fraction of sp³-hybridized carbons (Fsp3) is 0.414. The maximum Gasteiger partial charge on any atom is 0.254 e. The quantitative estimate of drug-likeness (QED) is 0.512. The predicted octanol–water partition coefficient (Wildman–Crippen LogP) is 4.55. The molecule has 36 heavy (non-hydrogen) atoms. The number of hydrogen-bond donors (Lipinski definition) is 0. The van der Waals surface area contributed by atoms with Gasteiger partial charge in [0, 0.05) is 43.6 Å². The van der Waals surface area contributed by atoms with Crippen LogP contribution >= 0.6 is 0 Å². The Morgan fingerprint density at radius 1 is 0.917 bits per heavy atom. The third kappa shape index (κ3) is 5.50. The van der Waals surface area contributed by atoms with Crippen LogP contribution in [0, 0.1) is 11.7 Å². The van der Waals surface area contributed by atoms with Crippen LogP contribution in [0.1, 0.15) is 53.6 Å². The maximum absolute atomic E-state index is 14.0. The monoisotopic (exact) mass is 488 g/mol. The van der Waals surface area contributed by atoms with E-state index >= 15 is 0 Å². The normalized spacial score (nSPS) is 18.9. The van der Waals surface area contributed by atoms with E-state index < -0.39 is 0 Å². The lowest BCUT2D eigenvalue weighted by Gasteiger charge is -2.43. The minimum atomic E-state index is -0.327. The van der Waals surface area contributed by atoms with Gasteiger partial charge in [0.05, 0.1) is 13.0 Å². The van der Waals surface area contributed by atoms with Gasteiger partial charge in [-0.15, -0.1) is 0 Å². The van der Waals surface area contributed by atoms with Gasteiger partial charge in [-0.05, 0) is 73.4 Å². The molecular formula is C29H33FN4O2. The van der Waals surface area contributed by atoms with Gasteiger partial charge in [-0.3, -0.25) is 14.3 Å².